The first kappa shape index (κ1) is 19.7. The number of rotatable bonds is 8. The number of hydrogen-bond acceptors (Lipinski definition) is 5. The van der Waals surface area contributed by atoms with Crippen LogP contribution in [0, 0.1) is 5.92 Å². The van der Waals surface area contributed by atoms with E-state index in [9.17, 15) is 15.0 Å². The quantitative estimate of drug-likeness (QED) is 0.665. The van der Waals surface area contributed by atoms with Crippen molar-refractivity contribution in [3.8, 4) is 5.75 Å². The van der Waals surface area contributed by atoms with Crippen molar-refractivity contribution in [3.63, 3.8) is 0 Å². The van der Waals surface area contributed by atoms with Crippen molar-refractivity contribution in [3.05, 3.63) is 24.0 Å². The summed E-state index contributed by atoms with van der Waals surface area (Å²) in [5.74, 6) is -0.460. The van der Waals surface area contributed by atoms with Gasteiger partial charge in [0.05, 0.1) is 6.10 Å². The third-order valence-corrected chi connectivity index (χ3v) is 4.80. The number of ether oxygens (including phenoxy) is 1. The molecular formula is C19H30N2O4. The predicted octanol–water partition coefficient (Wildman–Crippen LogP) is 2.52. The molecule has 0 radical (unpaired) electrons. The zero-order chi connectivity index (χ0) is 18.4. The fraction of sp³-hybridized carbons (Fsp3) is 0.684. The second kappa shape index (κ2) is 8.63. The van der Waals surface area contributed by atoms with Gasteiger partial charge >= 0.3 is 5.97 Å². The molecular weight excluding hydrogens is 320 g/mol. The van der Waals surface area contributed by atoms with E-state index in [0.29, 0.717) is 17.9 Å². The van der Waals surface area contributed by atoms with E-state index >= 15 is 0 Å². The maximum absolute atomic E-state index is 11.7. The zero-order valence-corrected chi connectivity index (χ0v) is 15.1. The minimum Gasteiger partial charge on any atom is -0.490 e. The standard InChI is InChI=1S/C19H30N2O4/c1-13(2)10-17(20)19(24,18(22)23)12-14-11-16(8-9-21-14)25-15-6-4-3-5-7-15/h8-9,11,13,15,17,24H,3-7,10,12,20H2,1-2H3,(H,22,23)/t17-,19+/m0/s1. The minimum atomic E-state index is -2.04. The lowest BCUT2D eigenvalue weighted by Gasteiger charge is -2.30. The molecule has 0 aromatic carbocycles. The Morgan fingerprint density at radius 3 is 2.68 bits per heavy atom. The van der Waals surface area contributed by atoms with Gasteiger partial charge in [0.1, 0.15) is 5.75 Å². The first-order valence-electron chi connectivity index (χ1n) is 9.14. The number of carboxylic acids is 1. The molecule has 25 heavy (non-hydrogen) atoms. The summed E-state index contributed by atoms with van der Waals surface area (Å²) in [6.45, 7) is 3.89. The number of hydrogen-bond donors (Lipinski definition) is 3. The van der Waals surface area contributed by atoms with Gasteiger partial charge in [-0.3, -0.25) is 4.98 Å². The van der Waals surface area contributed by atoms with Crippen LogP contribution in [0.3, 0.4) is 0 Å². The van der Waals surface area contributed by atoms with Crippen LogP contribution in [0.1, 0.15) is 58.1 Å². The van der Waals surface area contributed by atoms with Crippen LogP contribution in [0.4, 0.5) is 0 Å². The summed E-state index contributed by atoms with van der Waals surface area (Å²) >= 11 is 0. The Kier molecular flexibility index (Phi) is 6.79. The number of aromatic nitrogens is 1. The highest BCUT2D eigenvalue weighted by Crippen LogP contribution is 2.26. The third-order valence-electron chi connectivity index (χ3n) is 4.80. The average Bonchev–Trinajstić information content (AvgIpc) is 2.55. The van der Waals surface area contributed by atoms with E-state index in [0.717, 1.165) is 12.8 Å². The van der Waals surface area contributed by atoms with Gasteiger partial charge in [0.25, 0.3) is 0 Å². The van der Waals surface area contributed by atoms with Crippen molar-refractivity contribution in [2.75, 3.05) is 0 Å². The number of carboxylic acid groups (broad SMARTS) is 1. The molecule has 0 spiro atoms. The molecule has 1 fully saturated rings. The largest absolute Gasteiger partial charge is 0.490 e. The van der Waals surface area contributed by atoms with Crippen LogP contribution in [-0.2, 0) is 11.2 Å². The van der Waals surface area contributed by atoms with Gasteiger partial charge in [-0.1, -0.05) is 20.3 Å². The highest BCUT2D eigenvalue weighted by molar-refractivity contribution is 5.78. The molecule has 1 aromatic rings. The normalized spacial score (nSPS) is 19.4. The molecule has 0 saturated heterocycles. The molecule has 1 aliphatic rings. The van der Waals surface area contributed by atoms with Gasteiger partial charge in [-0.15, -0.1) is 0 Å². The van der Waals surface area contributed by atoms with Crippen LogP contribution < -0.4 is 10.5 Å². The fourth-order valence-corrected chi connectivity index (χ4v) is 3.35. The summed E-state index contributed by atoms with van der Waals surface area (Å²) in [5, 5.41) is 20.2. The second-order valence-electron chi connectivity index (χ2n) is 7.50. The monoisotopic (exact) mass is 350 g/mol. The van der Waals surface area contributed by atoms with Crippen LogP contribution in [0.25, 0.3) is 0 Å². The lowest BCUT2D eigenvalue weighted by molar-refractivity contribution is -0.161. The van der Waals surface area contributed by atoms with Crippen LogP contribution in [-0.4, -0.2) is 38.9 Å². The van der Waals surface area contributed by atoms with Gasteiger partial charge in [0.15, 0.2) is 5.60 Å². The number of pyridine rings is 1. The molecule has 2 atom stereocenters. The van der Waals surface area contributed by atoms with E-state index in [1.54, 1.807) is 18.3 Å². The molecule has 0 aliphatic heterocycles. The number of aliphatic hydroxyl groups is 1. The topological polar surface area (TPSA) is 106 Å². The van der Waals surface area contributed by atoms with Crippen molar-refractivity contribution in [1.29, 1.82) is 0 Å². The molecule has 1 aliphatic carbocycles. The smallest absolute Gasteiger partial charge is 0.337 e. The number of nitrogens with zero attached hydrogens (tertiary/aromatic N) is 1. The van der Waals surface area contributed by atoms with Gasteiger partial charge in [-0.25, -0.2) is 4.79 Å². The minimum absolute atomic E-state index is 0.141. The van der Waals surface area contributed by atoms with Crippen LogP contribution >= 0.6 is 0 Å². The van der Waals surface area contributed by atoms with E-state index < -0.39 is 17.6 Å². The maximum atomic E-state index is 11.7. The van der Waals surface area contributed by atoms with Crippen molar-refractivity contribution >= 4 is 5.97 Å². The Balaban J connectivity index is 2.10. The summed E-state index contributed by atoms with van der Waals surface area (Å²) in [5.41, 5.74) is 4.43. The van der Waals surface area contributed by atoms with E-state index in [4.69, 9.17) is 10.5 Å². The SMILES string of the molecule is CC(C)C[C@H](N)[C@](O)(Cc1cc(OC2CCCCC2)ccn1)C(=O)O. The molecule has 6 nitrogen and oxygen atoms in total. The number of aliphatic carboxylic acids is 1. The van der Waals surface area contributed by atoms with Crippen molar-refractivity contribution in [2.24, 2.45) is 11.7 Å². The highest BCUT2D eigenvalue weighted by atomic mass is 16.5. The molecule has 1 saturated carbocycles. The zero-order valence-electron chi connectivity index (χ0n) is 15.1. The maximum Gasteiger partial charge on any atom is 0.337 e. The fourth-order valence-electron chi connectivity index (χ4n) is 3.35. The van der Waals surface area contributed by atoms with E-state index in [1.807, 2.05) is 13.8 Å². The van der Waals surface area contributed by atoms with Gasteiger partial charge in [0, 0.05) is 30.4 Å². The Bertz CT molecular complexity index is 572. The summed E-state index contributed by atoms with van der Waals surface area (Å²) in [7, 11) is 0. The van der Waals surface area contributed by atoms with Crippen molar-refractivity contribution < 1.29 is 19.7 Å². The first-order valence-corrected chi connectivity index (χ1v) is 9.14. The Hall–Kier alpha value is -1.66. The van der Waals surface area contributed by atoms with Gasteiger partial charge < -0.3 is 20.7 Å². The summed E-state index contributed by atoms with van der Waals surface area (Å²) in [6.07, 6.45) is 7.73. The molecule has 0 bridgehead atoms. The molecule has 1 heterocycles. The highest BCUT2D eigenvalue weighted by Gasteiger charge is 2.43. The third kappa shape index (κ3) is 5.41. The molecule has 2 rings (SSSR count). The van der Waals surface area contributed by atoms with Crippen LogP contribution in [0.15, 0.2) is 18.3 Å². The summed E-state index contributed by atoms with van der Waals surface area (Å²) in [4.78, 5) is 15.9. The predicted molar refractivity (Wildman–Crippen MR) is 95.5 cm³/mol. The Morgan fingerprint density at radius 1 is 1.40 bits per heavy atom. The second-order valence-corrected chi connectivity index (χ2v) is 7.50. The first-order chi connectivity index (χ1) is 11.8. The number of carbonyl (C=O) groups is 1. The molecule has 0 unspecified atom stereocenters. The van der Waals surface area contributed by atoms with Gasteiger partial charge in [-0.2, -0.15) is 0 Å². The lowest BCUT2D eigenvalue weighted by atomic mass is 9.84. The van der Waals surface area contributed by atoms with E-state index in [1.165, 1.54) is 19.3 Å². The summed E-state index contributed by atoms with van der Waals surface area (Å²) < 4.78 is 6.00. The molecule has 0 amide bonds. The molecule has 140 valence electrons. The Morgan fingerprint density at radius 2 is 2.08 bits per heavy atom. The van der Waals surface area contributed by atoms with Gasteiger partial charge in [-0.05, 0) is 44.1 Å². The van der Waals surface area contributed by atoms with Crippen molar-refractivity contribution in [2.45, 2.75) is 76.5 Å². The van der Waals surface area contributed by atoms with Gasteiger partial charge in [0.2, 0.25) is 0 Å². The van der Waals surface area contributed by atoms with E-state index in [2.05, 4.69) is 4.98 Å². The summed E-state index contributed by atoms with van der Waals surface area (Å²) in [6, 6.07) is 2.62. The Labute approximate surface area is 149 Å². The molecule has 4 N–H and O–H groups in total. The molecule has 6 heteroatoms. The lowest BCUT2D eigenvalue weighted by Crippen LogP contribution is -2.56. The van der Waals surface area contributed by atoms with E-state index in [-0.39, 0.29) is 18.4 Å². The number of nitrogens with two attached hydrogens (primary N) is 1. The average molecular weight is 350 g/mol. The van der Waals surface area contributed by atoms with Crippen LogP contribution in [0.5, 0.6) is 5.75 Å². The molecule has 1 aromatic heterocycles. The van der Waals surface area contributed by atoms with Crippen molar-refractivity contribution in [1.82, 2.24) is 4.98 Å². The van der Waals surface area contributed by atoms with Crippen LogP contribution in [0.2, 0.25) is 0 Å².